The SMILES string of the molecule is COc1ccc(C2=C(O)C(=O)N(c3ccc(OC(C)C)cc3)C2=O)cc1. The number of imide groups is 1. The Hall–Kier alpha value is -3.28. The molecule has 0 fully saturated rings. The first-order chi connectivity index (χ1) is 12.4. The average molecular weight is 353 g/mol. The van der Waals surface area contributed by atoms with Gasteiger partial charge in [0.25, 0.3) is 5.91 Å². The molecule has 0 radical (unpaired) electrons. The van der Waals surface area contributed by atoms with Gasteiger partial charge in [-0.15, -0.1) is 0 Å². The van der Waals surface area contributed by atoms with Crippen LogP contribution in [-0.4, -0.2) is 30.1 Å². The predicted octanol–water partition coefficient (Wildman–Crippen LogP) is 3.32. The zero-order chi connectivity index (χ0) is 18.8. The summed E-state index contributed by atoms with van der Waals surface area (Å²) in [4.78, 5) is 26.1. The largest absolute Gasteiger partial charge is 0.502 e. The van der Waals surface area contributed by atoms with Crippen molar-refractivity contribution in [2.45, 2.75) is 20.0 Å². The van der Waals surface area contributed by atoms with Crippen LogP contribution in [0, 0.1) is 0 Å². The number of amides is 2. The monoisotopic (exact) mass is 353 g/mol. The van der Waals surface area contributed by atoms with E-state index in [0.717, 1.165) is 4.90 Å². The van der Waals surface area contributed by atoms with Gasteiger partial charge in [-0.3, -0.25) is 9.59 Å². The molecule has 6 heteroatoms. The van der Waals surface area contributed by atoms with Gasteiger partial charge >= 0.3 is 5.91 Å². The highest BCUT2D eigenvalue weighted by molar-refractivity contribution is 6.44. The van der Waals surface area contributed by atoms with Crippen LogP contribution in [0.2, 0.25) is 0 Å². The number of ether oxygens (including phenoxy) is 2. The number of anilines is 1. The van der Waals surface area contributed by atoms with Gasteiger partial charge in [-0.2, -0.15) is 0 Å². The minimum Gasteiger partial charge on any atom is -0.502 e. The van der Waals surface area contributed by atoms with Crippen LogP contribution in [0.3, 0.4) is 0 Å². The number of nitrogens with zero attached hydrogens (tertiary/aromatic N) is 1. The van der Waals surface area contributed by atoms with Gasteiger partial charge in [0.15, 0.2) is 5.76 Å². The summed E-state index contributed by atoms with van der Waals surface area (Å²) in [7, 11) is 1.53. The summed E-state index contributed by atoms with van der Waals surface area (Å²) < 4.78 is 10.6. The molecule has 134 valence electrons. The number of aliphatic hydroxyl groups excluding tert-OH is 1. The Labute approximate surface area is 151 Å². The highest BCUT2D eigenvalue weighted by atomic mass is 16.5. The lowest BCUT2D eigenvalue weighted by molar-refractivity contribution is -0.121. The highest BCUT2D eigenvalue weighted by Gasteiger charge is 2.40. The van der Waals surface area contributed by atoms with E-state index >= 15 is 0 Å². The van der Waals surface area contributed by atoms with Crippen molar-refractivity contribution in [1.29, 1.82) is 0 Å². The summed E-state index contributed by atoms with van der Waals surface area (Å²) in [5, 5.41) is 10.2. The van der Waals surface area contributed by atoms with Gasteiger partial charge in [-0.1, -0.05) is 12.1 Å². The fraction of sp³-hybridized carbons (Fsp3) is 0.200. The number of carbonyl (C=O) groups excluding carboxylic acids is 2. The maximum atomic E-state index is 12.8. The maximum Gasteiger partial charge on any atom is 0.301 e. The molecule has 0 aliphatic carbocycles. The number of benzene rings is 2. The Bertz CT molecular complexity index is 866. The van der Waals surface area contributed by atoms with E-state index in [-0.39, 0.29) is 11.7 Å². The topological polar surface area (TPSA) is 76.1 Å². The smallest absolute Gasteiger partial charge is 0.301 e. The van der Waals surface area contributed by atoms with Crippen LogP contribution in [0.4, 0.5) is 5.69 Å². The zero-order valence-electron chi connectivity index (χ0n) is 14.7. The quantitative estimate of drug-likeness (QED) is 0.835. The van der Waals surface area contributed by atoms with Gasteiger partial charge in [-0.25, -0.2) is 4.90 Å². The minimum absolute atomic E-state index is 0.0169. The molecular weight excluding hydrogens is 334 g/mol. The second-order valence-electron chi connectivity index (χ2n) is 6.06. The van der Waals surface area contributed by atoms with Gasteiger partial charge in [0.05, 0.1) is 24.5 Å². The molecule has 26 heavy (non-hydrogen) atoms. The average Bonchev–Trinajstić information content (AvgIpc) is 2.85. The van der Waals surface area contributed by atoms with Crippen molar-refractivity contribution in [1.82, 2.24) is 0 Å². The van der Waals surface area contributed by atoms with Crippen molar-refractivity contribution >= 4 is 23.1 Å². The van der Waals surface area contributed by atoms with Crippen LogP contribution in [0.5, 0.6) is 11.5 Å². The first kappa shape index (κ1) is 17.5. The Morgan fingerprint density at radius 3 is 2.00 bits per heavy atom. The second-order valence-corrected chi connectivity index (χ2v) is 6.06. The number of hydrogen-bond donors (Lipinski definition) is 1. The molecule has 0 bridgehead atoms. The second kappa shape index (κ2) is 6.92. The molecule has 0 aromatic heterocycles. The number of rotatable bonds is 5. The third-order valence-electron chi connectivity index (χ3n) is 3.90. The molecule has 1 aliphatic rings. The lowest BCUT2D eigenvalue weighted by Crippen LogP contribution is -2.31. The maximum absolute atomic E-state index is 12.8. The molecule has 3 rings (SSSR count). The minimum atomic E-state index is -0.752. The molecule has 1 N–H and O–H groups in total. The molecule has 0 saturated carbocycles. The van der Waals surface area contributed by atoms with Gasteiger partial charge in [-0.05, 0) is 55.8 Å². The predicted molar refractivity (Wildman–Crippen MR) is 97.2 cm³/mol. The molecule has 2 aromatic carbocycles. The number of carbonyl (C=O) groups is 2. The Morgan fingerprint density at radius 1 is 0.885 bits per heavy atom. The molecule has 0 unspecified atom stereocenters. The molecule has 1 heterocycles. The van der Waals surface area contributed by atoms with Gasteiger partial charge < -0.3 is 14.6 Å². The molecule has 0 saturated heterocycles. The van der Waals surface area contributed by atoms with Crippen molar-refractivity contribution in [2.75, 3.05) is 12.0 Å². The van der Waals surface area contributed by atoms with E-state index in [1.54, 1.807) is 48.5 Å². The van der Waals surface area contributed by atoms with Crippen molar-refractivity contribution in [2.24, 2.45) is 0 Å². The molecule has 2 amide bonds. The highest BCUT2D eigenvalue weighted by Crippen LogP contribution is 2.33. The van der Waals surface area contributed by atoms with Crippen molar-refractivity contribution in [3.63, 3.8) is 0 Å². The van der Waals surface area contributed by atoms with Gasteiger partial charge in [0.2, 0.25) is 0 Å². The summed E-state index contributed by atoms with van der Waals surface area (Å²) in [6, 6.07) is 13.1. The van der Waals surface area contributed by atoms with Gasteiger partial charge in [0, 0.05) is 0 Å². The van der Waals surface area contributed by atoms with Crippen LogP contribution in [0.25, 0.3) is 5.57 Å². The van der Waals surface area contributed by atoms with Crippen LogP contribution in [0.15, 0.2) is 54.3 Å². The van der Waals surface area contributed by atoms with Crippen molar-refractivity contribution in [3.05, 3.63) is 59.9 Å². The summed E-state index contributed by atoms with van der Waals surface area (Å²) >= 11 is 0. The van der Waals surface area contributed by atoms with Crippen LogP contribution in [0.1, 0.15) is 19.4 Å². The Kier molecular flexibility index (Phi) is 4.67. The number of hydrogen-bond acceptors (Lipinski definition) is 5. The number of methoxy groups -OCH3 is 1. The third kappa shape index (κ3) is 3.13. The lowest BCUT2D eigenvalue weighted by atomic mass is 10.1. The van der Waals surface area contributed by atoms with E-state index in [9.17, 15) is 14.7 Å². The third-order valence-corrected chi connectivity index (χ3v) is 3.90. The first-order valence-corrected chi connectivity index (χ1v) is 8.15. The fourth-order valence-corrected chi connectivity index (χ4v) is 2.72. The Balaban J connectivity index is 1.90. The van der Waals surface area contributed by atoms with Crippen LogP contribution >= 0.6 is 0 Å². The summed E-state index contributed by atoms with van der Waals surface area (Å²) in [5.74, 6) is -0.644. The number of aliphatic hydroxyl groups is 1. The molecular formula is C20H19NO5. The standard InChI is InChI=1S/C20H19NO5/c1-12(2)26-16-10-6-14(7-11-16)21-19(23)17(18(22)20(21)24)13-4-8-15(25-3)9-5-13/h4-12,22H,1-3H3. The van der Waals surface area contributed by atoms with Crippen molar-refractivity contribution < 1.29 is 24.2 Å². The zero-order valence-corrected chi connectivity index (χ0v) is 14.7. The molecule has 0 atom stereocenters. The summed E-state index contributed by atoms with van der Waals surface area (Å²) in [6.45, 7) is 3.81. The van der Waals surface area contributed by atoms with E-state index in [4.69, 9.17) is 9.47 Å². The van der Waals surface area contributed by atoms with Gasteiger partial charge in [0.1, 0.15) is 11.5 Å². The molecule has 1 aliphatic heterocycles. The normalized spacial score (nSPS) is 14.4. The molecule has 6 nitrogen and oxygen atoms in total. The van der Waals surface area contributed by atoms with Crippen LogP contribution < -0.4 is 14.4 Å². The molecule has 2 aromatic rings. The summed E-state index contributed by atoms with van der Waals surface area (Å²) in [6.07, 6.45) is 0.0169. The van der Waals surface area contributed by atoms with Crippen LogP contribution in [-0.2, 0) is 9.59 Å². The van der Waals surface area contributed by atoms with E-state index in [1.165, 1.54) is 7.11 Å². The molecule has 0 spiro atoms. The van der Waals surface area contributed by atoms with E-state index in [1.807, 2.05) is 13.8 Å². The van der Waals surface area contributed by atoms with E-state index in [0.29, 0.717) is 22.7 Å². The fourth-order valence-electron chi connectivity index (χ4n) is 2.72. The van der Waals surface area contributed by atoms with E-state index in [2.05, 4.69) is 0 Å². The first-order valence-electron chi connectivity index (χ1n) is 8.15. The lowest BCUT2D eigenvalue weighted by Gasteiger charge is -2.16. The Morgan fingerprint density at radius 2 is 1.46 bits per heavy atom. The van der Waals surface area contributed by atoms with Crippen molar-refractivity contribution in [3.8, 4) is 11.5 Å². The van der Waals surface area contributed by atoms with E-state index < -0.39 is 17.6 Å². The summed E-state index contributed by atoms with van der Waals surface area (Å²) in [5.41, 5.74) is 0.787.